The van der Waals surface area contributed by atoms with Crippen LogP contribution in [0, 0.1) is 12.8 Å². The number of nitrogens with one attached hydrogen (secondary N) is 1. The summed E-state index contributed by atoms with van der Waals surface area (Å²) in [6, 6.07) is 6.17. The summed E-state index contributed by atoms with van der Waals surface area (Å²) in [6.07, 6.45) is 2.45. The molecule has 0 bridgehead atoms. The van der Waals surface area contributed by atoms with Crippen LogP contribution in [0.2, 0.25) is 0 Å². The Kier molecular flexibility index (Phi) is 4.65. The van der Waals surface area contributed by atoms with Crippen molar-refractivity contribution in [1.29, 1.82) is 0 Å². The second-order valence-electron chi connectivity index (χ2n) is 6.18. The average Bonchev–Trinajstić information content (AvgIpc) is 3.15. The lowest BCUT2D eigenvalue weighted by Crippen LogP contribution is -2.37. The molecule has 1 aromatic rings. The fourth-order valence-electron chi connectivity index (χ4n) is 2.45. The quantitative estimate of drug-likeness (QED) is 0.785. The van der Waals surface area contributed by atoms with Crippen molar-refractivity contribution in [3.8, 4) is 0 Å². The Balaban J connectivity index is 1.93. The molecule has 20 heavy (non-hydrogen) atoms. The fourth-order valence-corrected chi connectivity index (χ4v) is 2.45. The lowest BCUT2D eigenvalue weighted by atomic mass is 10.1. The standard InChI is InChI=1S/C16H25N3O/c1-11(2)9-19(14-5-6-14)10-16(20)18-15-7-4-13(17)8-12(15)3/h4,7-8,11,14H,5-6,9-10,17H2,1-3H3,(H,18,20). The molecule has 1 amide bonds. The molecule has 2 rings (SSSR count). The number of hydrogen-bond acceptors (Lipinski definition) is 3. The Bertz CT molecular complexity index is 481. The van der Waals surface area contributed by atoms with Crippen molar-refractivity contribution in [2.45, 2.75) is 39.7 Å². The highest BCUT2D eigenvalue weighted by Crippen LogP contribution is 2.27. The predicted octanol–water partition coefficient (Wildman–Crippen LogP) is 2.64. The molecule has 0 spiro atoms. The van der Waals surface area contributed by atoms with E-state index in [1.807, 2.05) is 25.1 Å². The Labute approximate surface area is 121 Å². The van der Waals surface area contributed by atoms with E-state index in [9.17, 15) is 4.79 Å². The third-order valence-electron chi connectivity index (χ3n) is 3.53. The highest BCUT2D eigenvalue weighted by atomic mass is 16.2. The van der Waals surface area contributed by atoms with E-state index in [4.69, 9.17) is 5.73 Å². The SMILES string of the molecule is Cc1cc(N)ccc1NC(=O)CN(CC(C)C)C1CC1. The summed E-state index contributed by atoms with van der Waals surface area (Å²) < 4.78 is 0. The highest BCUT2D eigenvalue weighted by molar-refractivity contribution is 5.93. The van der Waals surface area contributed by atoms with Gasteiger partial charge in [0.05, 0.1) is 6.54 Å². The lowest BCUT2D eigenvalue weighted by Gasteiger charge is -2.23. The maximum absolute atomic E-state index is 12.2. The molecule has 0 unspecified atom stereocenters. The van der Waals surface area contributed by atoms with E-state index < -0.39 is 0 Å². The van der Waals surface area contributed by atoms with Gasteiger partial charge < -0.3 is 11.1 Å². The summed E-state index contributed by atoms with van der Waals surface area (Å²) in [5.41, 5.74) is 8.29. The largest absolute Gasteiger partial charge is 0.399 e. The molecule has 0 aliphatic heterocycles. The smallest absolute Gasteiger partial charge is 0.238 e. The molecule has 0 saturated heterocycles. The normalized spacial score (nSPS) is 14.8. The molecule has 110 valence electrons. The zero-order chi connectivity index (χ0) is 14.7. The first-order valence-corrected chi connectivity index (χ1v) is 7.35. The average molecular weight is 275 g/mol. The molecule has 0 radical (unpaired) electrons. The van der Waals surface area contributed by atoms with Gasteiger partial charge in [-0.3, -0.25) is 9.69 Å². The molecular formula is C16H25N3O. The van der Waals surface area contributed by atoms with E-state index in [0.717, 1.165) is 23.5 Å². The Morgan fingerprint density at radius 1 is 1.45 bits per heavy atom. The zero-order valence-electron chi connectivity index (χ0n) is 12.6. The van der Waals surface area contributed by atoms with Gasteiger partial charge in [0, 0.05) is 24.0 Å². The van der Waals surface area contributed by atoms with Crippen LogP contribution in [0.5, 0.6) is 0 Å². The summed E-state index contributed by atoms with van der Waals surface area (Å²) in [7, 11) is 0. The number of nitrogens with two attached hydrogens (primary N) is 1. The minimum absolute atomic E-state index is 0.0606. The number of amides is 1. The van der Waals surface area contributed by atoms with Gasteiger partial charge in [0.25, 0.3) is 0 Å². The van der Waals surface area contributed by atoms with Crippen molar-refractivity contribution in [3.63, 3.8) is 0 Å². The second kappa shape index (κ2) is 6.27. The molecule has 1 aliphatic rings. The van der Waals surface area contributed by atoms with Crippen molar-refractivity contribution in [2.75, 3.05) is 24.1 Å². The maximum atomic E-state index is 12.2. The van der Waals surface area contributed by atoms with Crippen molar-refractivity contribution in [2.24, 2.45) is 5.92 Å². The molecule has 1 fully saturated rings. The molecule has 1 saturated carbocycles. The molecule has 0 heterocycles. The third-order valence-corrected chi connectivity index (χ3v) is 3.53. The van der Waals surface area contributed by atoms with E-state index in [2.05, 4.69) is 24.1 Å². The predicted molar refractivity (Wildman–Crippen MR) is 83.7 cm³/mol. The molecule has 4 heteroatoms. The molecular weight excluding hydrogens is 250 g/mol. The molecule has 0 atom stereocenters. The Morgan fingerprint density at radius 2 is 2.15 bits per heavy atom. The zero-order valence-corrected chi connectivity index (χ0v) is 12.6. The fraction of sp³-hybridized carbons (Fsp3) is 0.562. The van der Waals surface area contributed by atoms with Crippen LogP contribution in [0.25, 0.3) is 0 Å². The monoisotopic (exact) mass is 275 g/mol. The van der Waals surface area contributed by atoms with Gasteiger partial charge in [-0.25, -0.2) is 0 Å². The molecule has 0 aromatic heterocycles. The first-order chi connectivity index (χ1) is 9.45. The van der Waals surface area contributed by atoms with E-state index in [0.29, 0.717) is 18.5 Å². The number of anilines is 2. The van der Waals surface area contributed by atoms with Crippen LogP contribution >= 0.6 is 0 Å². The van der Waals surface area contributed by atoms with Crippen molar-refractivity contribution >= 4 is 17.3 Å². The molecule has 4 nitrogen and oxygen atoms in total. The van der Waals surface area contributed by atoms with Crippen molar-refractivity contribution in [3.05, 3.63) is 23.8 Å². The van der Waals surface area contributed by atoms with Gasteiger partial charge in [-0.1, -0.05) is 13.8 Å². The molecule has 1 aliphatic carbocycles. The van der Waals surface area contributed by atoms with Crippen LogP contribution in [0.1, 0.15) is 32.3 Å². The topological polar surface area (TPSA) is 58.4 Å². The van der Waals surface area contributed by atoms with Crippen LogP contribution in [-0.4, -0.2) is 29.9 Å². The summed E-state index contributed by atoms with van der Waals surface area (Å²) in [5.74, 6) is 0.645. The number of carbonyl (C=O) groups is 1. The number of hydrogen-bond donors (Lipinski definition) is 2. The first kappa shape index (κ1) is 14.9. The van der Waals surface area contributed by atoms with Gasteiger partial charge >= 0.3 is 0 Å². The van der Waals surface area contributed by atoms with Gasteiger partial charge in [-0.15, -0.1) is 0 Å². The van der Waals surface area contributed by atoms with E-state index in [-0.39, 0.29) is 5.91 Å². The van der Waals surface area contributed by atoms with Crippen molar-refractivity contribution in [1.82, 2.24) is 4.90 Å². The number of nitrogens with zero attached hydrogens (tertiary/aromatic N) is 1. The van der Waals surface area contributed by atoms with Crippen LogP contribution in [0.4, 0.5) is 11.4 Å². The first-order valence-electron chi connectivity index (χ1n) is 7.35. The van der Waals surface area contributed by atoms with Crippen LogP contribution in [0.15, 0.2) is 18.2 Å². The molecule has 3 N–H and O–H groups in total. The lowest BCUT2D eigenvalue weighted by molar-refractivity contribution is -0.117. The highest BCUT2D eigenvalue weighted by Gasteiger charge is 2.30. The van der Waals surface area contributed by atoms with Crippen LogP contribution in [0.3, 0.4) is 0 Å². The summed E-state index contributed by atoms with van der Waals surface area (Å²) in [5, 5.41) is 2.99. The van der Waals surface area contributed by atoms with E-state index in [1.165, 1.54) is 12.8 Å². The molecule has 1 aromatic carbocycles. The van der Waals surface area contributed by atoms with Gasteiger partial charge in [0.2, 0.25) is 5.91 Å². The number of carbonyl (C=O) groups excluding carboxylic acids is 1. The third kappa shape index (κ3) is 4.23. The summed E-state index contributed by atoms with van der Waals surface area (Å²) in [4.78, 5) is 14.5. The van der Waals surface area contributed by atoms with Crippen molar-refractivity contribution < 1.29 is 4.79 Å². The van der Waals surface area contributed by atoms with Crippen LogP contribution < -0.4 is 11.1 Å². The van der Waals surface area contributed by atoms with Gasteiger partial charge in [0.1, 0.15) is 0 Å². The maximum Gasteiger partial charge on any atom is 0.238 e. The van der Waals surface area contributed by atoms with E-state index in [1.54, 1.807) is 0 Å². The Hall–Kier alpha value is -1.55. The van der Waals surface area contributed by atoms with Gasteiger partial charge in [0.15, 0.2) is 0 Å². The number of aryl methyl sites for hydroxylation is 1. The van der Waals surface area contributed by atoms with Gasteiger partial charge in [-0.05, 0) is 49.4 Å². The number of rotatable bonds is 6. The minimum atomic E-state index is 0.0606. The minimum Gasteiger partial charge on any atom is -0.399 e. The Morgan fingerprint density at radius 3 is 2.70 bits per heavy atom. The van der Waals surface area contributed by atoms with E-state index >= 15 is 0 Å². The number of nitrogen functional groups attached to an aromatic ring is 1. The van der Waals surface area contributed by atoms with Gasteiger partial charge in [-0.2, -0.15) is 0 Å². The number of benzene rings is 1. The summed E-state index contributed by atoms with van der Waals surface area (Å²) >= 11 is 0. The van der Waals surface area contributed by atoms with Crippen LogP contribution in [-0.2, 0) is 4.79 Å². The summed E-state index contributed by atoms with van der Waals surface area (Å²) in [6.45, 7) is 7.80. The second-order valence-corrected chi connectivity index (χ2v) is 6.18.